The van der Waals surface area contributed by atoms with Crippen LogP contribution in [0.15, 0.2) is 34.2 Å². The summed E-state index contributed by atoms with van der Waals surface area (Å²) in [6, 6.07) is 8.89. The number of thioether (sulfide) groups is 1. The third kappa shape index (κ3) is 7.15. The van der Waals surface area contributed by atoms with Crippen LogP contribution in [0, 0.1) is 5.92 Å². The fraction of sp³-hybridized carbons (Fsp3) is 0.611. The van der Waals surface area contributed by atoms with Gasteiger partial charge < -0.3 is 15.5 Å². The Labute approximate surface area is 177 Å². The van der Waals surface area contributed by atoms with Crippen LogP contribution in [0.3, 0.4) is 0 Å². The van der Waals surface area contributed by atoms with Crippen LogP contribution in [0.1, 0.15) is 19.3 Å². The van der Waals surface area contributed by atoms with Crippen molar-refractivity contribution in [3.63, 3.8) is 0 Å². The van der Waals surface area contributed by atoms with Gasteiger partial charge >= 0.3 is 0 Å². The lowest BCUT2D eigenvalue weighted by Gasteiger charge is -2.17. The Balaban J connectivity index is 0.00000225. The highest BCUT2D eigenvalue weighted by atomic mass is 127. The second kappa shape index (κ2) is 10.8. The summed E-state index contributed by atoms with van der Waals surface area (Å²) in [7, 11) is 1.84. The van der Waals surface area contributed by atoms with E-state index in [1.54, 1.807) is 0 Å². The zero-order chi connectivity index (χ0) is 16.8. The molecule has 1 aromatic rings. The van der Waals surface area contributed by atoms with E-state index in [9.17, 15) is 0 Å². The first-order valence-corrected chi connectivity index (χ1v) is 10.2. The number of guanidine groups is 1. The van der Waals surface area contributed by atoms with Crippen LogP contribution in [0.5, 0.6) is 0 Å². The van der Waals surface area contributed by atoms with Crippen molar-refractivity contribution in [3.05, 3.63) is 29.3 Å². The van der Waals surface area contributed by atoms with Crippen LogP contribution < -0.4 is 10.6 Å². The average molecular weight is 495 g/mol. The predicted octanol–water partition coefficient (Wildman–Crippen LogP) is 3.70. The summed E-state index contributed by atoms with van der Waals surface area (Å²) in [5, 5.41) is 7.67. The molecule has 0 amide bonds. The molecule has 7 heteroatoms. The minimum absolute atomic E-state index is 0. The Morgan fingerprint density at radius 1 is 1.24 bits per heavy atom. The first kappa shape index (κ1) is 21.1. The van der Waals surface area contributed by atoms with Gasteiger partial charge in [0.2, 0.25) is 0 Å². The smallest absolute Gasteiger partial charge is 0.191 e. The van der Waals surface area contributed by atoms with E-state index in [4.69, 9.17) is 11.6 Å². The molecule has 0 bridgehead atoms. The Morgan fingerprint density at radius 3 is 2.68 bits per heavy atom. The van der Waals surface area contributed by atoms with Gasteiger partial charge in [-0.1, -0.05) is 11.6 Å². The number of benzene rings is 1. The highest BCUT2D eigenvalue weighted by molar-refractivity contribution is 14.0. The molecule has 1 unspecified atom stereocenters. The van der Waals surface area contributed by atoms with Crippen molar-refractivity contribution in [1.29, 1.82) is 0 Å². The quantitative estimate of drug-likeness (QED) is 0.199. The molecule has 140 valence electrons. The average Bonchev–Trinajstić information content (AvgIpc) is 3.34. The van der Waals surface area contributed by atoms with Crippen LogP contribution in [0.2, 0.25) is 5.02 Å². The summed E-state index contributed by atoms with van der Waals surface area (Å²) in [5.74, 6) is 2.67. The largest absolute Gasteiger partial charge is 0.356 e. The third-order valence-corrected chi connectivity index (χ3v) is 5.90. The van der Waals surface area contributed by atoms with Gasteiger partial charge in [-0.2, -0.15) is 0 Å². The van der Waals surface area contributed by atoms with Crippen molar-refractivity contribution in [3.8, 4) is 0 Å². The number of nitrogens with one attached hydrogen (secondary N) is 2. The number of hydrogen-bond acceptors (Lipinski definition) is 3. The Hall–Kier alpha value is -0.180. The van der Waals surface area contributed by atoms with E-state index < -0.39 is 0 Å². The molecule has 0 radical (unpaired) electrons. The minimum atomic E-state index is 0. The monoisotopic (exact) mass is 494 g/mol. The number of aliphatic imine (C=N–C) groups is 1. The van der Waals surface area contributed by atoms with Crippen molar-refractivity contribution in [1.82, 2.24) is 15.5 Å². The standard InChI is InChI=1S/C18H27ClN4S.HI/c1-20-18(21-9-11-24-17-6-2-15(19)3-7-17)22-12-14-8-10-23(13-14)16-4-5-16;/h2-3,6-7,14,16H,4-5,8-13H2,1H3,(H2,20,21,22);1H. The highest BCUT2D eigenvalue weighted by Gasteiger charge is 2.34. The van der Waals surface area contributed by atoms with Crippen LogP contribution in [-0.4, -0.2) is 55.9 Å². The maximum atomic E-state index is 5.90. The number of nitrogens with zero attached hydrogens (tertiary/aromatic N) is 2. The maximum Gasteiger partial charge on any atom is 0.191 e. The summed E-state index contributed by atoms with van der Waals surface area (Å²) in [6.45, 7) is 4.45. The van der Waals surface area contributed by atoms with Gasteiger partial charge in [0.25, 0.3) is 0 Å². The summed E-state index contributed by atoms with van der Waals surface area (Å²) >= 11 is 7.73. The number of hydrogen-bond donors (Lipinski definition) is 2. The molecule has 4 nitrogen and oxygen atoms in total. The number of rotatable bonds is 7. The molecule has 2 N–H and O–H groups in total. The zero-order valence-electron chi connectivity index (χ0n) is 14.7. The molecule has 3 rings (SSSR count). The fourth-order valence-electron chi connectivity index (χ4n) is 3.13. The first-order valence-electron chi connectivity index (χ1n) is 8.81. The van der Waals surface area contributed by atoms with Gasteiger partial charge in [0.1, 0.15) is 0 Å². The molecule has 1 heterocycles. The Kier molecular flexibility index (Phi) is 9.16. The van der Waals surface area contributed by atoms with Crippen molar-refractivity contribution >= 4 is 53.3 Å². The molecule has 25 heavy (non-hydrogen) atoms. The zero-order valence-corrected chi connectivity index (χ0v) is 18.6. The molecule has 1 saturated carbocycles. The van der Waals surface area contributed by atoms with Gasteiger partial charge in [0.15, 0.2) is 5.96 Å². The van der Waals surface area contributed by atoms with Gasteiger partial charge in [-0.25, -0.2) is 0 Å². The molecule has 1 saturated heterocycles. The molecule has 1 atom stereocenters. The molecule has 2 aliphatic rings. The van der Waals surface area contributed by atoms with Crippen LogP contribution in [-0.2, 0) is 0 Å². The molecule has 0 spiro atoms. The molecule has 0 aromatic heterocycles. The summed E-state index contributed by atoms with van der Waals surface area (Å²) < 4.78 is 0. The van der Waals surface area contributed by atoms with Crippen LogP contribution in [0.4, 0.5) is 0 Å². The lowest BCUT2D eigenvalue weighted by Crippen LogP contribution is -2.41. The van der Waals surface area contributed by atoms with E-state index >= 15 is 0 Å². The molecule has 2 fully saturated rings. The molecule has 1 aromatic carbocycles. The SMILES string of the molecule is CN=C(NCCSc1ccc(Cl)cc1)NCC1CCN(C2CC2)C1.I. The Morgan fingerprint density at radius 2 is 2.00 bits per heavy atom. The number of likely N-dealkylation sites (tertiary alicyclic amines) is 1. The molecular formula is C18H28ClIN4S. The van der Waals surface area contributed by atoms with Crippen molar-refractivity contribution < 1.29 is 0 Å². The van der Waals surface area contributed by atoms with Gasteiger partial charge in [-0.05, 0) is 56.0 Å². The third-order valence-electron chi connectivity index (χ3n) is 4.64. The molecule has 1 aliphatic carbocycles. The lowest BCUT2D eigenvalue weighted by molar-refractivity contribution is 0.314. The fourth-order valence-corrected chi connectivity index (χ4v) is 4.03. The lowest BCUT2D eigenvalue weighted by atomic mass is 10.1. The molecular weight excluding hydrogens is 467 g/mol. The van der Waals surface area contributed by atoms with E-state index in [0.29, 0.717) is 0 Å². The van der Waals surface area contributed by atoms with E-state index in [0.717, 1.165) is 41.8 Å². The molecule has 1 aliphatic heterocycles. The topological polar surface area (TPSA) is 39.7 Å². The predicted molar refractivity (Wildman–Crippen MR) is 120 cm³/mol. The Bertz CT molecular complexity index is 551. The van der Waals surface area contributed by atoms with E-state index in [2.05, 4.69) is 32.7 Å². The van der Waals surface area contributed by atoms with Crippen molar-refractivity contribution in [2.45, 2.75) is 30.2 Å². The summed E-state index contributed by atoms with van der Waals surface area (Å²) in [5.41, 5.74) is 0. The normalized spacial score (nSPS) is 21.0. The first-order chi connectivity index (χ1) is 11.7. The van der Waals surface area contributed by atoms with Gasteiger partial charge in [0, 0.05) is 48.4 Å². The van der Waals surface area contributed by atoms with E-state index in [-0.39, 0.29) is 24.0 Å². The van der Waals surface area contributed by atoms with Crippen LogP contribution in [0.25, 0.3) is 0 Å². The number of halogens is 2. The van der Waals surface area contributed by atoms with Crippen molar-refractivity contribution in [2.24, 2.45) is 10.9 Å². The second-order valence-corrected chi connectivity index (χ2v) is 8.17. The minimum Gasteiger partial charge on any atom is -0.356 e. The van der Waals surface area contributed by atoms with E-state index in [1.807, 2.05) is 30.9 Å². The van der Waals surface area contributed by atoms with Gasteiger partial charge in [0.05, 0.1) is 0 Å². The summed E-state index contributed by atoms with van der Waals surface area (Å²) in [4.78, 5) is 8.23. The van der Waals surface area contributed by atoms with Crippen molar-refractivity contribution in [2.75, 3.05) is 39.0 Å². The maximum absolute atomic E-state index is 5.90. The van der Waals surface area contributed by atoms with Gasteiger partial charge in [-0.15, -0.1) is 35.7 Å². The second-order valence-electron chi connectivity index (χ2n) is 6.56. The summed E-state index contributed by atoms with van der Waals surface area (Å²) in [6.07, 6.45) is 4.14. The van der Waals surface area contributed by atoms with E-state index in [1.165, 1.54) is 37.2 Å². The van der Waals surface area contributed by atoms with Crippen LogP contribution >= 0.6 is 47.3 Å². The highest BCUT2D eigenvalue weighted by Crippen LogP contribution is 2.31. The van der Waals surface area contributed by atoms with Gasteiger partial charge in [-0.3, -0.25) is 4.99 Å².